The minimum Gasteiger partial charge on any atom is -0.359 e. The van der Waals surface area contributed by atoms with Crippen molar-refractivity contribution in [3.8, 4) is 0 Å². The summed E-state index contributed by atoms with van der Waals surface area (Å²) in [7, 11) is 0. The third-order valence-corrected chi connectivity index (χ3v) is 2.81. The van der Waals surface area contributed by atoms with E-state index in [1.54, 1.807) is 6.07 Å². The van der Waals surface area contributed by atoms with Crippen LogP contribution in [-0.4, -0.2) is 16.6 Å². The highest BCUT2D eigenvalue weighted by Gasteiger charge is 2.29. The number of nitrogens with one attached hydrogen (secondary N) is 1. The lowest BCUT2D eigenvalue weighted by molar-refractivity contribution is -0.126. The molecule has 90 valence electrons. The van der Waals surface area contributed by atoms with Gasteiger partial charge >= 0.3 is 0 Å². The molecule has 0 unspecified atom stereocenters. The second-order valence-electron chi connectivity index (χ2n) is 3.98. The Morgan fingerprint density at radius 1 is 1.56 bits per heavy atom. The Labute approximate surface area is 95.4 Å². The van der Waals surface area contributed by atoms with Crippen LogP contribution >= 0.6 is 0 Å². The zero-order valence-electron chi connectivity index (χ0n) is 10.0. The van der Waals surface area contributed by atoms with E-state index in [0.29, 0.717) is 25.1 Å². The monoisotopic (exact) mass is 225 g/mol. The molecular formula is C11H19N3O2. The normalized spacial score (nSPS) is 11.5. The van der Waals surface area contributed by atoms with Crippen molar-refractivity contribution in [2.24, 2.45) is 5.73 Å². The van der Waals surface area contributed by atoms with Crippen LogP contribution in [0.1, 0.15) is 38.1 Å². The maximum Gasteiger partial charge on any atom is 0.240 e. The molecular weight excluding hydrogens is 206 g/mol. The lowest BCUT2D eigenvalue weighted by atomic mass is 9.93. The van der Waals surface area contributed by atoms with E-state index in [9.17, 15) is 4.79 Å². The summed E-state index contributed by atoms with van der Waals surface area (Å²) in [6.45, 7) is 5.97. The van der Waals surface area contributed by atoms with E-state index in [-0.39, 0.29) is 5.91 Å². The van der Waals surface area contributed by atoms with Crippen LogP contribution in [0.15, 0.2) is 10.6 Å². The molecule has 0 saturated carbocycles. The van der Waals surface area contributed by atoms with Crippen molar-refractivity contribution >= 4 is 5.91 Å². The first-order valence-electron chi connectivity index (χ1n) is 5.51. The molecule has 5 heteroatoms. The molecule has 1 heterocycles. The fourth-order valence-corrected chi connectivity index (χ4v) is 1.41. The van der Waals surface area contributed by atoms with Gasteiger partial charge in [-0.1, -0.05) is 19.0 Å². The number of rotatable bonds is 5. The molecule has 5 nitrogen and oxygen atoms in total. The number of hydrogen-bond acceptors (Lipinski definition) is 4. The number of aryl methyl sites for hydroxylation is 1. The van der Waals surface area contributed by atoms with Crippen LogP contribution < -0.4 is 11.1 Å². The van der Waals surface area contributed by atoms with Crippen molar-refractivity contribution in [3.63, 3.8) is 0 Å². The van der Waals surface area contributed by atoms with Gasteiger partial charge in [0.25, 0.3) is 0 Å². The van der Waals surface area contributed by atoms with Gasteiger partial charge in [0.1, 0.15) is 0 Å². The first kappa shape index (κ1) is 12.7. The highest BCUT2D eigenvalue weighted by Crippen LogP contribution is 2.11. The molecule has 1 aromatic rings. The highest BCUT2D eigenvalue weighted by atomic mass is 16.5. The van der Waals surface area contributed by atoms with Crippen molar-refractivity contribution < 1.29 is 9.32 Å². The molecule has 3 N–H and O–H groups in total. The van der Waals surface area contributed by atoms with Crippen LogP contribution in [0.25, 0.3) is 0 Å². The Morgan fingerprint density at radius 2 is 2.19 bits per heavy atom. The second-order valence-corrected chi connectivity index (χ2v) is 3.98. The second kappa shape index (κ2) is 5.12. The minimum absolute atomic E-state index is 0.147. The van der Waals surface area contributed by atoms with Gasteiger partial charge in [-0.05, 0) is 19.8 Å². The van der Waals surface area contributed by atoms with Gasteiger partial charge < -0.3 is 15.6 Å². The number of carbonyl (C=O) groups is 1. The number of nitrogens with two attached hydrogens (primary N) is 1. The van der Waals surface area contributed by atoms with Gasteiger partial charge in [0, 0.05) is 6.07 Å². The van der Waals surface area contributed by atoms with Gasteiger partial charge in [-0.3, -0.25) is 4.79 Å². The zero-order chi connectivity index (χ0) is 12.2. The third kappa shape index (κ3) is 2.82. The molecule has 0 aliphatic heterocycles. The molecule has 0 aliphatic carbocycles. The quantitative estimate of drug-likeness (QED) is 0.786. The van der Waals surface area contributed by atoms with Gasteiger partial charge in [0.05, 0.1) is 17.8 Å². The fraction of sp³-hybridized carbons (Fsp3) is 0.636. The smallest absolute Gasteiger partial charge is 0.240 e. The van der Waals surface area contributed by atoms with Gasteiger partial charge in [0.15, 0.2) is 5.76 Å². The van der Waals surface area contributed by atoms with E-state index in [0.717, 1.165) is 5.69 Å². The predicted octanol–water partition coefficient (Wildman–Crippen LogP) is 1.12. The summed E-state index contributed by atoms with van der Waals surface area (Å²) in [5.74, 6) is 0.493. The van der Waals surface area contributed by atoms with E-state index in [4.69, 9.17) is 10.3 Å². The SMILES string of the molecule is CCC(N)(CC)C(=O)NCc1cc(C)no1. The fourth-order valence-electron chi connectivity index (χ4n) is 1.41. The number of hydrogen-bond donors (Lipinski definition) is 2. The summed E-state index contributed by atoms with van der Waals surface area (Å²) in [6, 6.07) is 1.79. The Bertz CT molecular complexity index is 356. The number of nitrogens with zero attached hydrogens (tertiary/aromatic N) is 1. The van der Waals surface area contributed by atoms with E-state index < -0.39 is 5.54 Å². The minimum atomic E-state index is -0.783. The molecule has 1 rings (SSSR count). The summed E-state index contributed by atoms with van der Waals surface area (Å²) in [6.07, 6.45) is 1.23. The predicted molar refractivity (Wildman–Crippen MR) is 60.6 cm³/mol. The highest BCUT2D eigenvalue weighted by molar-refractivity contribution is 5.85. The van der Waals surface area contributed by atoms with Crippen molar-refractivity contribution in [2.45, 2.75) is 45.7 Å². The van der Waals surface area contributed by atoms with E-state index in [2.05, 4.69) is 10.5 Å². The van der Waals surface area contributed by atoms with Crippen LogP contribution in [0.3, 0.4) is 0 Å². The zero-order valence-corrected chi connectivity index (χ0v) is 10.0. The Morgan fingerprint density at radius 3 is 2.62 bits per heavy atom. The molecule has 0 atom stereocenters. The maximum absolute atomic E-state index is 11.8. The average molecular weight is 225 g/mol. The number of aromatic nitrogens is 1. The third-order valence-electron chi connectivity index (χ3n) is 2.81. The van der Waals surface area contributed by atoms with Crippen LogP contribution in [0.4, 0.5) is 0 Å². The molecule has 0 aliphatic rings. The summed E-state index contributed by atoms with van der Waals surface area (Å²) >= 11 is 0. The number of amides is 1. The van der Waals surface area contributed by atoms with E-state index >= 15 is 0 Å². The van der Waals surface area contributed by atoms with Crippen LogP contribution in [0.5, 0.6) is 0 Å². The summed E-state index contributed by atoms with van der Waals surface area (Å²) in [5, 5.41) is 6.50. The molecule has 0 spiro atoms. The standard InChI is InChI=1S/C11H19N3O2/c1-4-11(12,5-2)10(15)13-7-9-6-8(3)14-16-9/h6H,4-5,7,12H2,1-3H3,(H,13,15). The molecule has 0 fully saturated rings. The molecule has 1 aromatic heterocycles. The van der Waals surface area contributed by atoms with Gasteiger partial charge in [-0.25, -0.2) is 0 Å². The largest absolute Gasteiger partial charge is 0.359 e. The van der Waals surface area contributed by atoms with Crippen LogP contribution in [-0.2, 0) is 11.3 Å². The Hall–Kier alpha value is -1.36. The van der Waals surface area contributed by atoms with Crippen LogP contribution in [0.2, 0.25) is 0 Å². The average Bonchev–Trinajstić information content (AvgIpc) is 2.70. The van der Waals surface area contributed by atoms with Crippen molar-refractivity contribution in [1.82, 2.24) is 10.5 Å². The molecule has 1 amide bonds. The van der Waals surface area contributed by atoms with Gasteiger partial charge in [0.2, 0.25) is 5.91 Å². The first-order valence-corrected chi connectivity index (χ1v) is 5.51. The van der Waals surface area contributed by atoms with E-state index in [1.165, 1.54) is 0 Å². The van der Waals surface area contributed by atoms with E-state index in [1.807, 2.05) is 20.8 Å². The lowest BCUT2D eigenvalue weighted by Gasteiger charge is -2.24. The van der Waals surface area contributed by atoms with Crippen molar-refractivity contribution in [2.75, 3.05) is 0 Å². The molecule has 16 heavy (non-hydrogen) atoms. The summed E-state index contributed by atoms with van der Waals surface area (Å²) in [5.41, 5.74) is 5.97. The van der Waals surface area contributed by atoms with Gasteiger partial charge in [-0.15, -0.1) is 0 Å². The maximum atomic E-state index is 11.8. The van der Waals surface area contributed by atoms with Crippen molar-refractivity contribution in [1.29, 1.82) is 0 Å². The molecule has 0 aromatic carbocycles. The summed E-state index contributed by atoms with van der Waals surface area (Å²) in [4.78, 5) is 11.8. The first-order chi connectivity index (χ1) is 7.51. The number of carbonyl (C=O) groups excluding carboxylic acids is 1. The molecule has 0 saturated heterocycles. The summed E-state index contributed by atoms with van der Waals surface area (Å²) < 4.78 is 4.99. The van der Waals surface area contributed by atoms with Crippen molar-refractivity contribution in [3.05, 3.63) is 17.5 Å². The lowest BCUT2D eigenvalue weighted by Crippen LogP contribution is -2.52. The molecule has 0 radical (unpaired) electrons. The topological polar surface area (TPSA) is 81.2 Å². The molecule has 0 bridgehead atoms. The van der Waals surface area contributed by atoms with Gasteiger partial charge in [-0.2, -0.15) is 0 Å². The van der Waals surface area contributed by atoms with Crippen LogP contribution in [0, 0.1) is 6.92 Å². The Kier molecular flexibility index (Phi) is 4.06. The Balaban J connectivity index is 2.52.